The second-order valence-corrected chi connectivity index (χ2v) is 16.2. The zero-order valence-electron chi connectivity index (χ0n) is 32.0. The Morgan fingerprint density at radius 2 is 1.91 bits per heavy atom. The maximum atomic E-state index is 12.4. The first-order valence-corrected chi connectivity index (χ1v) is 20.5. The number of rotatable bonds is 15. The highest BCUT2D eigenvalue weighted by Crippen LogP contribution is 2.29. The number of amides is 3. The Morgan fingerprint density at radius 1 is 1.17 bits per heavy atom. The summed E-state index contributed by atoms with van der Waals surface area (Å²) in [7, 11) is 0.552. The fourth-order valence-corrected chi connectivity index (χ4v) is 7.23. The molecule has 3 aliphatic rings. The number of H-pyrrole nitrogens is 1. The third kappa shape index (κ3) is 14.1. The molecule has 14 heteroatoms. The lowest BCUT2D eigenvalue weighted by Gasteiger charge is -2.25. The SMILES string of the molecule is C=CCCCOC[C@H](C)C(=O)N1CCCC1C.COc1ccc2c(=O)cc(-c3nc(C(C)C)cs3)[nH]c2c1C.O=CNC1CC1.O=CNS(=O)C1CC1. The Hall–Kier alpha value is -3.88. The Labute approximate surface area is 320 Å². The first-order valence-electron chi connectivity index (χ1n) is 18.4. The molecule has 1 aliphatic heterocycles. The number of aromatic nitrogens is 2. The van der Waals surface area contributed by atoms with Crippen molar-refractivity contribution in [2.45, 2.75) is 109 Å². The summed E-state index contributed by atoms with van der Waals surface area (Å²) in [6.45, 7) is 16.1. The Bertz CT molecular complexity index is 1720. The highest BCUT2D eigenvalue weighted by Gasteiger charge is 2.29. The third-order valence-corrected chi connectivity index (χ3v) is 11.3. The van der Waals surface area contributed by atoms with Crippen LogP contribution in [0.3, 0.4) is 0 Å². The van der Waals surface area contributed by atoms with E-state index in [0.29, 0.717) is 36.4 Å². The number of ether oxygens (including phenoxy) is 2. The number of nitrogens with one attached hydrogen (secondary N) is 3. The quantitative estimate of drug-likeness (QED) is 0.0942. The summed E-state index contributed by atoms with van der Waals surface area (Å²) in [5, 5.41) is 6.44. The molecular weight excluding hydrogens is 715 g/mol. The number of aromatic amines is 1. The molecule has 6 rings (SSSR count). The number of likely N-dealkylation sites (tertiary alicyclic amines) is 1. The smallest absolute Gasteiger partial charge is 0.227 e. The van der Waals surface area contributed by atoms with Gasteiger partial charge >= 0.3 is 0 Å². The van der Waals surface area contributed by atoms with Crippen molar-refractivity contribution in [1.29, 1.82) is 0 Å². The van der Waals surface area contributed by atoms with Gasteiger partial charge in [0.2, 0.25) is 18.7 Å². The van der Waals surface area contributed by atoms with Gasteiger partial charge in [0.05, 0.1) is 41.8 Å². The molecule has 3 aromatic rings. The van der Waals surface area contributed by atoms with Crippen LogP contribution in [0.15, 0.2) is 41.0 Å². The van der Waals surface area contributed by atoms with E-state index in [2.05, 4.69) is 47.4 Å². The Balaban J connectivity index is 0.000000213. The van der Waals surface area contributed by atoms with Gasteiger partial charge in [-0.1, -0.05) is 26.8 Å². The zero-order valence-corrected chi connectivity index (χ0v) is 33.6. The van der Waals surface area contributed by atoms with Gasteiger partial charge in [0.25, 0.3) is 0 Å². The molecule has 2 aromatic heterocycles. The predicted molar refractivity (Wildman–Crippen MR) is 213 cm³/mol. The minimum Gasteiger partial charge on any atom is -0.496 e. The van der Waals surface area contributed by atoms with Crippen LogP contribution in [0.1, 0.15) is 96.2 Å². The summed E-state index contributed by atoms with van der Waals surface area (Å²) in [4.78, 5) is 53.6. The van der Waals surface area contributed by atoms with Crippen molar-refractivity contribution in [3.05, 3.63) is 57.7 Å². The average molecular weight is 772 g/mol. The minimum atomic E-state index is -1.08. The van der Waals surface area contributed by atoms with E-state index >= 15 is 0 Å². The number of unbranched alkanes of at least 4 members (excludes halogenated alkanes) is 1. The van der Waals surface area contributed by atoms with Gasteiger partial charge in [-0.3, -0.25) is 23.9 Å². The molecule has 2 unspecified atom stereocenters. The lowest BCUT2D eigenvalue weighted by molar-refractivity contribution is -0.137. The molecule has 3 N–H and O–H groups in total. The number of carbonyl (C=O) groups is 3. The van der Waals surface area contributed by atoms with Gasteiger partial charge in [-0.05, 0) is 83.3 Å². The van der Waals surface area contributed by atoms with Crippen LogP contribution in [0.2, 0.25) is 0 Å². The van der Waals surface area contributed by atoms with Crippen LogP contribution >= 0.6 is 11.3 Å². The molecule has 0 spiro atoms. The minimum absolute atomic E-state index is 0.00389. The van der Waals surface area contributed by atoms with Crippen molar-refractivity contribution in [1.82, 2.24) is 24.9 Å². The topological polar surface area (TPSA) is 160 Å². The number of carbonyl (C=O) groups excluding carboxylic acids is 3. The maximum absolute atomic E-state index is 12.4. The van der Waals surface area contributed by atoms with Crippen molar-refractivity contribution < 1.29 is 28.1 Å². The van der Waals surface area contributed by atoms with Gasteiger partial charge in [0.1, 0.15) is 21.7 Å². The third-order valence-electron chi connectivity index (χ3n) is 8.97. The van der Waals surface area contributed by atoms with Crippen molar-refractivity contribution in [2.24, 2.45) is 5.92 Å². The molecule has 0 bridgehead atoms. The van der Waals surface area contributed by atoms with Gasteiger partial charge in [-0.2, -0.15) is 0 Å². The van der Waals surface area contributed by atoms with E-state index in [1.807, 2.05) is 36.3 Å². The average Bonchev–Trinajstić information content (AvgIpc) is 4.07. The molecule has 53 heavy (non-hydrogen) atoms. The van der Waals surface area contributed by atoms with Crippen LogP contribution in [0.4, 0.5) is 0 Å². The van der Waals surface area contributed by atoms with E-state index in [1.54, 1.807) is 30.6 Å². The van der Waals surface area contributed by atoms with Crippen LogP contribution in [-0.2, 0) is 30.1 Å². The fourth-order valence-electron chi connectivity index (χ4n) is 5.43. The molecule has 2 aliphatic carbocycles. The van der Waals surface area contributed by atoms with Crippen LogP contribution < -0.4 is 20.2 Å². The van der Waals surface area contributed by atoms with Gasteiger partial charge in [0.15, 0.2) is 5.43 Å². The van der Waals surface area contributed by atoms with Gasteiger partial charge in [-0.25, -0.2) is 9.19 Å². The van der Waals surface area contributed by atoms with E-state index < -0.39 is 11.0 Å². The summed E-state index contributed by atoms with van der Waals surface area (Å²) in [5.74, 6) is 1.37. The number of nitrogens with zero attached hydrogens (tertiary/aromatic N) is 2. The number of methoxy groups -OCH3 is 1. The number of aryl methyl sites for hydroxylation is 1. The summed E-state index contributed by atoms with van der Waals surface area (Å²) in [6.07, 6.45) is 11.7. The molecule has 12 nitrogen and oxygen atoms in total. The van der Waals surface area contributed by atoms with Crippen molar-refractivity contribution in [3.63, 3.8) is 0 Å². The monoisotopic (exact) mass is 771 g/mol. The summed E-state index contributed by atoms with van der Waals surface area (Å²) >= 11 is 1.55. The number of hydrogen-bond donors (Lipinski definition) is 3. The zero-order chi connectivity index (χ0) is 38.9. The first-order chi connectivity index (χ1) is 25.4. The van der Waals surface area contributed by atoms with Crippen LogP contribution in [0.25, 0.3) is 21.6 Å². The molecule has 1 saturated heterocycles. The highest BCUT2D eigenvalue weighted by atomic mass is 32.2. The lowest BCUT2D eigenvalue weighted by atomic mass is 10.1. The second-order valence-electron chi connectivity index (χ2n) is 13.8. The lowest BCUT2D eigenvalue weighted by Crippen LogP contribution is -2.38. The maximum Gasteiger partial charge on any atom is 0.227 e. The first kappa shape index (κ1) is 43.5. The van der Waals surface area contributed by atoms with E-state index in [-0.39, 0.29) is 22.5 Å². The van der Waals surface area contributed by atoms with Crippen molar-refractivity contribution in [3.8, 4) is 16.5 Å². The van der Waals surface area contributed by atoms with Gasteiger partial charge < -0.3 is 24.7 Å². The summed E-state index contributed by atoms with van der Waals surface area (Å²) < 4.78 is 23.6. The van der Waals surface area contributed by atoms with E-state index in [4.69, 9.17) is 9.47 Å². The van der Waals surface area contributed by atoms with E-state index in [9.17, 15) is 23.4 Å². The number of hydrogen-bond acceptors (Lipinski definition) is 9. The molecule has 0 radical (unpaired) electrons. The molecule has 3 fully saturated rings. The summed E-state index contributed by atoms with van der Waals surface area (Å²) in [5.41, 5.74) is 3.53. The Kier molecular flexibility index (Phi) is 18.4. The molecule has 3 atom stereocenters. The van der Waals surface area contributed by atoms with Crippen molar-refractivity contribution >= 4 is 52.0 Å². The van der Waals surface area contributed by atoms with E-state index in [0.717, 1.165) is 91.3 Å². The highest BCUT2D eigenvalue weighted by molar-refractivity contribution is 7.84. The molecule has 292 valence electrons. The van der Waals surface area contributed by atoms with E-state index in [1.165, 1.54) is 12.8 Å². The summed E-state index contributed by atoms with van der Waals surface area (Å²) in [6, 6.07) is 6.18. The molecular formula is C39H57N5O7S2. The van der Waals surface area contributed by atoms with Crippen molar-refractivity contribution in [2.75, 3.05) is 26.9 Å². The molecule has 2 saturated carbocycles. The van der Waals surface area contributed by atoms with Crippen LogP contribution in [0, 0.1) is 12.8 Å². The standard InChI is InChI=1S/C17H18N2O2S.C14H25NO2.C4H7NO2S.C4H7NO/c1-9(2)13-8-22-17(19-13)12-7-14(20)11-5-6-15(21-4)10(3)16(11)18-12;1-4-5-6-10-17-11-12(2)14(16)15-9-7-8-13(15)3;6-3-5-8(7)4-1-2-4;6-3-5-4-1-2-4/h5-9H,1-4H3,(H,18,20);4,12-13H,1,5-11H2,2-3H3;3-4H,1-2H2,(H,5,6);3-4H,1-2H2,(H,5,6)/t;12-,13?;;/m.0../s1. The number of fused-ring (bicyclic) bond motifs is 1. The Morgan fingerprint density at radius 3 is 2.43 bits per heavy atom. The van der Waals surface area contributed by atoms with Gasteiger partial charge in [-0.15, -0.1) is 17.9 Å². The largest absolute Gasteiger partial charge is 0.496 e. The second kappa shape index (κ2) is 22.4. The van der Waals surface area contributed by atoms with Gasteiger partial charge in [0, 0.05) is 47.6 Å². The number of pyridine rings is 1. The fraction of sp³-hybridized carbons (Fsp3) is 0.564. The number of thiazole rings is 1. The van der Waals surface area contributed by atoms with Crippen LogP contribution in [0.5, 0.6) is 5.75 Å². The van der Waals surface area contributed by atoms with Crippen LogP contribution in [-0.4, -0.2) is 82.0 Å². The number of allylic oxidation sites excluding steroid dienone is 1. The predicted octanol–water partition coefficient (Wildman–Crippen LogP) is 6.16. The number of benzene rings is 1. The molecule has 3 heterocycles. The molecule has 1 aromatic carbocycles. The molecule has 3 amide bonds. The normalized spacial score (nSPS) is 17.2.